The van der Waals surface area contributed by atoms with Crippen molar-refractivity contribution in [2.75, 3.05) is 0 Å². The number of allylic oxidation sites excluding steroid dienone is 4. The van der Waals surface area contributed by atoms with Crippen LogP contribution in [-0.4, -0.2) is 19.5 Å². The van der Waals surface area contributed by atoms with Gasteiger partial charge in [0.1, 0.15) is 0 Å². The molecule has 0 spiro atoms. The van der Waals surface area contributed by atoms with E-state index in [1.807, 2.05) is 6.08 Å². The molecule has 1 aliphatic carbocycles. The first-order chi connectivity index (χ1) is 14.0. The van der Waals surface area contributed by atoms with E-state index in [4.69, 9.17) is 0 Å². The Balaban J connectivity index is 2.12. The lowest BCUT2D eigenvalue weighted by atomic mass is 9.97. The standard InChI is InChI=1S/C22H19F3O4S/c1-2-14-7-8-16(21(26)27)12-20(14)30(28,29)13-17-11-18(22(23,24)25)9-10-19(17)15-5-3-4-6-15/h3-5,7-12H,2,6,13H2,1H3,(H,26,27). The number of rotatable bonds is 6. The van der Waals surface area contributed by atoms with E-state index in [9.17, 15) is 31.5 Å². The fourth-order valence-electron chi connectivity index (χ4n) is 3.40. The maximum atomic E-state index is 13.3. The summed E-state index contributed by atoms with van der Waals surface area (Å²) in [6.07, 6.45) is 1.54. The number of carboxylic acid groups (broad SMARTS) is 1. The molecule has 0 amide bonds. The first-order valence-corrected chi connectivity index (χ1v) is 10.8. The minimum Gasteiger partial charge on any atom is -0.478 e. The number of hydrogen-bond donors (Lipinski definition) is 1. The van der Waals surface area contributed by atoms with Gasteiger partial charge in [0.05, 0.1) is 21.8 Å². The van der Waals surface area contributed by atoms with Gasteiger partial charge in [0.15, 0.2) is 9.84 Å². The summed E-state index contributed by atoms with van der Waals surface area (Å²) in [5.41, 5.74) is 0.474. The molecule has 0 heterocycles. The van der Waals surface area contributed by atoms with E-state index in [2.05, 4.69) is 0 Å². The normalized spacial score (nSPS) is 14.1. The number of carboxylic acids is 1. The molecule has 8 heteroatoms. The zero-order valence-corrected chi connectivity index (χ0v) is 16.8. The van der Waals surface area contributed by atoms with Crippen LogP contribution in [0.2, 0.25) is 0 Å². The Kier molecular flexibility index (Phi) is 5.90. The van der Waals surface area contributed by atoms with Gasteiger partial charge in [-0.2, -0.15) is 13.2 Å². The lowest BCUT2D eigenvalue weighted by Crippen LogP contribution is -2.13. The molecule has 2 aromatic rings. The van der Waals surface area contributed by atoms with E-state index >= 15 is 0 Å². The van der Waals surface area contributed by atoms with Crippen molar-refractivity contribution in [3.05, 3.63) is 82.4 Å². The summed E-state index contributed by atoms with van der Waals surface area (Å²) >= 11 is 0. The molecule has 0 fully saturated rings. The van der Waals surface area contributed by atoms with Crippen LogP contribution in [0.3, 0.4) is 0 Å². The van der Waals surface area contributed by atoms with Gasteiger partial charge in [-0.05, 0) is 59.4 Å². The fraction of sp³-hybridized carbons (Fsp3) is 0.227. The molecular weight excluding hydrogens is 417 g/mol. The van der Waals surface area contributed by atoms with Crippen LogP contribution in [0.5, 0.6) is 0 Å². The highest BCUT2D eigenvalue weighted by molar-refractivity contribution is 7.90. The van der Waals surface area contributed by atoms with Crippen molar-refractivity contribution >= 4 is 21.4 Å². The molecule has 0 bridgehead atoms. The Bertz CT molecular complexity index is 1160. The Morgan fingerprint density at radius 1 is 1.10 bits per heavy atom. The molecule has 30 heavy (non-hydrogen) atoms. The molecule has 0 atom stereocenters. The highest BCUT2D eigenvalue weighted by Crippen LogP contribution is 2.35. The number of benzene rings is 2. The Morgan fingerprint density at radius 2 is 1.83 bits per heavy atom. The van der Waals surface area contributed by atoms with Crippen molar-refractivity contribution in [1.29, 1.82) is 0 Å². The molecule has 1 aliphatic rings. The Labute approximate surface area is 172 Å². The van der Waals surface area contributed by atoms with Gasteiger partial charge in [0.2, 0.25) is 0 Å². The summed E-state index contributed by atoms with van der Waals surface area (Å²) in [6.45, 7) is 1.72. The quantitative estimate of drug-likeness (QED) is 0.669. The van der Waals surface area contributed by atoms with Crippen LogP contribution in [0, 0.1) is 0 Å². The third-order valence-corrected chi connectivity index (χ3v) is 6.67. The highest BCUT2D eigenvalue weighted by atomic mass is 32.2. The van der Waals surface area contributed by atoms with Crippen LogP contribution >= 0.6 is 0 Å². The summed E-state index contributed by atoms with van der Waals surface area (Å²) in [7, 11) is -4.10. The van der Waals surface area contributed by atoms with Crippen LogP contribution in [0.4, 0.5) is 13.2 Å². The molecule has 0 radical (unpaired) electrons. The second-order valence-electron chi connectivity index (χ2n) is 6.93. The SMILES string of the molecule is CCc1ccc(C(=O)O)cc1S(=O)(=O)Cc1cc(C(F)(F)F)ccc1C1=CC=CC1. The topological polar surface area (TPSA) is 71.4 Å². The van der Waals surface area contributed by atoms with Crippen LogP contribution in [0.25, 0.3) is 5.57 Å². The van der Waals surface area contributed by atoms with Crippen LogP contribution in [0.1, 0.15) is 46.0 Å². The van der Waals surface area contributed by atoms with Crippen molar-refractivity contribution < 1.29 is 31.5 Å². The molecule has 0 saturated carbocycles. The van der Waals surface area contributed by atoms with Gasteiger partial charge in [0.25, 0.3) is 0 Å². The number of sulfone groups is 1. The predicted molar refractivity (Wildman–Crippen MR) is 107 cm³/mol. The van der Waals surface area contributed by atoms with Gasteiger partial charge in [-0.1, -0.05) is 37.3 Å². The summed E-state index contributed by atoms with van der Waals surface area (Å²) in [5, 5.41) is 9.21. The van der Waals surface area contributed by atoms with Crippen molar-refractivity contribution in [3.8, 4) is 0 Å². The van der Waals surface area contributed by atoms with Gasteiger partial charge < -0.3 is 5.11 Å². The third kappa shape index (κ3) is 4.48. The lowest BCUT2D eigenvalue weighted by molar-refractivity contribution is -0.137. The van der Waals surface area contributed by atoms with Crippen LogP contribution in [0.15, 0.2) is 59.5 Å². The van der Waals surface area contributed by atoms with Crippen molar-refractivity contribution in [1.82, 2.24) is 0 Å². The minimum atomic E-state index is -4.61. The fourth-order valence-corrected chi connectivity index (χ4v) is 5.12. The average Bonchev–Trinajstić information content (AvgIpc) is 3.20. The molecule has 0 aromatic heterocycles. The number of aromatic carboxylic acids is 1. The summed E-state index contributed by atoms with van der Waals surface area (Å²) in [4.78, 5) is 11.1. The number of carbonyl (C=O) groups is 1. The van der Waals surface area contributed by atoms with Crippen molar-refractivity contribution in [2.24, 2.45) is 0 Å². The molecule has 1 N–H and O–H groups in total. The monoisotopic (exact) mass is 436 g/mol. The third-order valence-electron chi connectivity index (χ3n) is 4.93. The molecule has 3 rings (SSSR count). The smallest absolute Gasteiger partial charge is 0.416 e. The Hall–Kier alpha value is -2.87. The van der Waals surface area contributed by atoms with Gasteiger partial charge in [-0.15, -0.1) is 0 Å². The number of aryl methyl sites for hydroxylation is 1. The van der Waals surface area contributed by atoms with Crippen LogP contribution < -0.4 is 0 Å². The first kappa shape index (κ1) is 21.8. The van der Waals surface area contributed by atoms with E-state index in [1.165, 1.54) is 18.2 Å². The second kappa shape index (κ2) is 8.10. The maximum Gasteiger partial charge on any atom is 0.416 e. The summed E-state index contributed by atoms with van der Waals surface area (Å²) in [5.74, 6) is -1.95. The summed E-state index contributed by atoms with van der Waals surface area (Å²) in [6, 6.07) is 6.89. The molecule has 0 saturated heterocycles. The van der Waals surface area contributed by atoms with Gasteiger partial charge in [-0.3, -0.25) is 0 Å². The Morgan fingerprint density at radius 3 is 2.40 bits per heavy atom. The number of halogens is 3. The van der Waals surface area contributed by atoms with Gasteiger partial charge >= 0.3 is 12.1 Å². The van der Waals surface area contributed by atoms with Crippen molar-refractivity contribution in [3.63, 3.8) is 0 Å². The molecule has 0 aliphatic heterocycles. The average molecular weight is 436 g/mol. The molecule has 2 aromatic carbocycles. The molecule has 158 valence electrons. The van der Waals surface area contributed by atoms with E-state index in [-0.39, 0.29) is 16.0 Å². The minimum absolute atomic E-state index is 0.0301. The van der Waals surface area contributed by atoms with Crippen molar-refractivity contribution in [2.45, 2.75) is 36.6 Å². The van der Waals surface area contributed by atoms with Crippen LogP contribution in [-0.2, 0) is 28.2 Å². The summed E-state index contributed by atoms with van der Waals surface area (Å²) < 4.78 is 66.1. The second-order valence-corrected chi connectivity index (χ2v) is 8.89. The van der Waals surface area contributed by atoms with Gasteiger partial charge in [-0.25, -0.2) is 13.2 Å². The molecular formula is C22H19F3O4S. The molecule has 4 nitrogen and oxygen atoms in total. The molecule has 0 unspecified atom stereocenters. The first-order valence-electron chi connectivity index (χ1n) is 9.18. The largest absolute Gasteiger partial charge is 0.478 e. The highest BCUT2D eigenvalue weighted by Gasteiger charge is 2.32. The number of hydrogen-bond acceptors (Lipinski definition) is 3. The van der Waals surface area contributed by atoms with Gasteiger partial charge in [0, 0.05) is 0 Å². The van der Waals surface area contributed by atoms with E-state index in [1.54, 1.807) is 19.1 Å². The lowest BCUT2D eigenvalue weighted by Gasteiger charge is -2.16. The van der Waals surface area contributed by atoms with E-state index in [0.717, 1.165) is 23.8 Å². The maximum absolute atomic E-state index is 13.3. The predicted octanol–water partition coefficient (Wildman–Crippen LogP) is 5.28. The zero-order chi connectivity index (χ0) is 22.1. The zero-order valence-electron chi connectivity index (χ0n) is 16.0. The number of alkyl halides is 3. The van der Waals surface area contributed by atoms with E-state index < -0.39 is 33.3 Å². The van der Waals surface area contributed by atoms with E-state index in [0.29, 0.717) is 24.0 Å².